The Morgan fingerprint density at radius 3 is 3.10 bits per heavy atom. The Morgan fingerprint density at radius 1 is 1.80 bits per heavy atom. The third-order valence-electron chi connectivity index (χ3n) is 0.904. The molecular weight excluding hydrogens is 130 g/mol. The maximum Gasteiger partial charge on any atom is 0.232 e. The van der Waals surface area contributed by atoms with Crippen LogP contribution in [0.4, 0.5) is 0 Å². The molecule has 0 spiro atoms. The number of hydrogen-bond donors (Lipinski definition) is 1. The summed E-state index contributed by atoms with van der Waals surface area (Å²) in [5, 5.41) is 11.8. The van der Waals surface area contributed by atoms with E-state index in [1.807, 2.05) is 0 Å². The lowest BCUT2D eigenvalue weighted by Gasteiger charge is -1.93. The fourth-order valence-electron chi connectivity index (χ4n) is 0.507. The third-order valence-corrected chi connectivity index (χ3v) is 0.904. The zero-order chi connectivity index (χ0) is 7.40. The summed E-state index contributed by atoms with van der Waals surface area (Å²) in [5.41, 5.74) is 5.28. The van der Waals surface area contributed by atoms with E-state index >= 15 is 0 Å². The first-order valence-electron chi connectivity index (χ1n) is 2.57. The molecule has 0 fully saturated rings. The summed E-state index contributed by atoms with van der Waals surface area (Å²) in [7, 11) is 0. The van der Waals surface area contributed by atoms with Crippen molar-refractivity contribution in [2.45, 2.75) is 0 Å². The van der Waals surface area contributed by atoms with Crippen LogP contribution in [0, 0.1) is 11.5 Å². The SMILES string of the molecule is N#CN=C(N)n1cccn1. The van der Waals surface area contributed by atoms with E-state index in [0.717, 1.165) is 0 Å². The van der Waals surface area contributed by atoms with E-state index in [0.29, 0.717) is 0 Å². The standard InChI is InChI=1S/C5H5N5/c6-4-8-5(7)10-3-1-2-9-10/h1-3H,(H2,7,8). The maximum atomic E-state index is 8.08. The number of hydrogen-bond acceptors (Lipinski definition) is 3. The Labute approximate surface area is 57.4 Å². The summed E-state index contributed by atoms with van der Waals surface area (Å²) >= 11 is 0. The highest BCUT2D eigenvalue weighted by Gasteiger charge is 1.91. The minimum atomic E-state index is 0.0764. The van der Waals surface area contributed by atoms with E-state index in [2.05, 4.69) is 10.1 Å². The molecule has 0 saturated carbocycles. The highest BCUT2D eigenvalue weighted by molar-refractivity contribution is 5.80. The van der Waals surface area contributed by atoms with Gasteiger partial charge in [-0.15, -0.1) is 4.99 Å². The van der Waals surface area contributed by atoms with Gasteiger partial charge in [0.1, 0.15) is 0 Å². The normalized spacial score (nSPS) is 10.9. The lowest BCUT2D eigenvalue weighted by molar-refractivity contribution is 0.920. The molecule has 1 heterocycles. The highest BCUT2D eigenvalue weighted by Crippen LogP contribution is 1.80. The molecule has 50 valence electrons. The molecule has 0 amide bonds. The minimum Gasteiger partial charge on any atom is -0.367 e. The van der Waals surface area contributed by atoms with Crippen molar-refractivity contribution in [1.29, 1.82) is 5.26 Å². The molecule has 1 rings (SSSR count). The summed E-state index contributed by atoms with van der Waals surface area (Å²) in [5.74, 6) is 0.0764. The Balaban J connectivity index is 2.90. The van der Waals surface area contributed by atoms with Gasteiger partial charge in [0.05, 0.1) is 0 Å². The molecule has 10 heavy (non-hydrogen) atoms. The van der Waals surface area contributed by atoms with Gasteiger partial charge in [-0.3, -0.25) is 0 Å². The lowest BCUT2D eigenvalue weighted by atomic mass is 10.7. The van der Waals surface area contributed by atoms with E-state index in [4.69, 9.17) is 11.0 Å². The minimum absolute atomic E-state index is 0.0764. The van der Waals surface area contributed by atoms with Gasteiger partial charge in [0.2, 0.25) is 12.2 Å². The lowest BCUT2D eigenvalue weighted by Crippen LogP contribution is -2.22. The van der Waals surface area contributed by atoms with Crippen molar-refractivity contribution in [3.63, 3.8) is 0 Å². The van der Waals surface area contributed by atoms with Crippen LogP contribution in [0.15, 0.2) is 23.5 Å². The largest absolute Gasteiger partial charge is 0.367 e. The first kappa shape index (κ1) is 6.29. The molecule has 0 unspecified atom stereocenters. The molecule has 0 aliphatic carbocycles. The molecule has 0 aliphatic heterocycles. The van der Waals surface area contributed by atoms with Gasteiger partial charge in [-0.1, -0.05) is 0 Å². The number of nitrogens with two attached hydrogens (primary N) is 1. The van der Waals surface area contributed by atoms with Gasteiger partial charge in [0, 0.05) is 12.4 Å². The summed E-state index contributed by atoms with van der Waals surface area (Å²) in [6, 6.07) is 1.69. The molecule has 2 N–H and O–H groups in total. The molecule has 0 radical (unpaired) electrons. The fraction of sp³-hybridized carbons (Fsp3) is 0. The van der Waals surface area contributed by atoms with Crippen molar-refractivity contribution in [1.82, 2.24) is 9.78 Å². The van der Waals surface area contributed by atoms with Crippen molar-refractivity contribution in [2.24, 2.45) is 10.7 Å². The van der Waals surface area contributed by atoms with Crippen LogP contribution < -0.4 is 5.73 Å². The molecule has 1 aromatic heterocycles. The van der Waals surface area contributed by atoms with Gasteiger partial charge in [0.25, 0.3) is 0 Å². The van der Waals surface area contributed by atoms with Crippen LogP contribution in [-0.2, 0) is 0 Å². The molecule has 5 heteroatoms. The highest BCUT2D eigenvalue weighted by atomic mass is 15.3. The molecule has 0 saturated heterocycles. The van der Waals surface area contributed by atoms with Crippen LogP contribution in [0.5, 0.6) is 0 Å². The Hall–Kier alpha value is -1.83. The quantitative estimate of drug-likeness (QED) is 0.296. The van der Waals surface area contributed by atoms with Crippen molar-refractivity contribution in [2.75, 3.05) is 0 Å². The van der Waals surface area contributed by atoms with Crippen LogP contribution in [0.25, 0.3) is 0 Å². The van der Waals surface area contributed by atoms with Gasteiger partial charge < -0.3 is 5.73 Å². The van der Waals surface area contributed by atoms with Gasteiger partial charge in [0.15, 0.2) is 0 Å². The molecule has 0 aliphatic rings. The first-order chi connectivity index (χ1) is 4.84. The van der Waals surface area contributed by atoms with Crippen molar-refractivity contribution >= 4 is 5.96 Å². The second-order valence-electron chi connectivity index (χ2n) is 1.52. The second-order valence-corrected chi connectivity index (χ2v) is 1.52. The molecule has 0 atom stereocenters. The maximum absolute atomic E-state index is 8.08. The number of nitrogens with zero attached hydrogens (tertiary/aromatic N) is 4. The van der Waals surface area contributed by atoms with E-state index in [-0.39, 0.29) is 5.96 Å². The molecule has 0 aromatic carbocycles. The van der Waals surface area contributed by atoms with Crippen molar-refractivity contribution in [3.8, 4) is 6.19 Å². The Morgan fingerprint density at radius 2 is 2.60 bits per heavy atom. The van der Waals surface area contributed by atoms with Gasteiger partial charge in [-0.05, 0) is 6.07 Å². The Bertz CT molecular complexity index is 265. The van der Waals surface area contributed by atoms with Gasteiger partial charge >= 0.3 is 0 Å². The van der Waals surface area contributed by atoms with Gasteiger partial charge in [-0.2, -0.15) is 10.4 Å². The summed E-state index contributed by atoms with van der Waals surface area (Å²) in [4.78, 5) is 3.27. The number of aromatic nitrogens is 2. The monoisotopic (exact) mass is 135 g/mol. The summed E-state index contributed by atoms with van der Waals surface area (Å²) < 4.78 is 1.31. The predicted molar refractivity (Wildman–Crippen MR) is 34.9 cm³/mol. The smallest absolute Gasteiger partial charge is 0.232 e. The summed E-state index contributed by atoms with van der Waals surface area (Å²) in [6.45, 7) is 0. The van der Waals surface area contributed by atoms with E-state index in [1.165, 1.54) is 4.68 Å². The number of aliphatic imine (C=N–C) groups is 1. The van der Waals surface area contributed by atoms with Gasteiger partial charge in [-0.25, -0.2) is 4.68 Å². The zero-order valence-electron chi connectivity index (χ0n) is 5.10. The number of rotatable bonds is 0. The predicted octanol–water partition coefficient (Wildman–Crippen LogP) is -0.473. The molecule has 0 bridgehead atoms. The van der Waals surface area contributed by atoms with E-state index in [1.54, 1.807) is 24.7 Å². The van der Waals surface area contributed by atoms with Crippen LogP contribution in [0.3, 0.4) is 0 Å². The third kappa shape index (κ3) is 1.11. The molecule has 5 nitrogen and oxygen atoms in total. The van der Waals surface area contributed by atoms with Crippen LogP contribution in [0.2, 0.25) is 0 Å². The topological polar surface area (TPSA) is 80.0 Å². The van der Waals surface area contributed by atoms with Crippen LogP contribution >= 0.6 is 0 Å². The molecule has 1 aromatic rings. The van der Waals surface area contributed by atoms with Crippen LogP contribution in [0.1, 0.15) is 0 Å². The van der Waals surface area contributed by atoms with Crippen molar-refractivity contribution in [3.05, 3.63) is 18.5 Å². The second kappa shape index (κ2) is 2.64. The number of nitriles is 1. The Kier molecular flexibility index (Phi) is 1.66. The molecular formula is C5H5N5. The zero-order valence-corrected chi connectivity index (χ0v) is 5.10. The fourth-order valence-corrected chi connectivity index (χ4v) is 0.507. The summed E-state index contributed by atoms with van der Waals surface area (Å²) in [6.07, 6.45) is 4.72. The average Bonchev–Trinajstić information content (AvgIpc) is 2.38. The van der Waals surface area contributed by atoms with Crippen LogP contribution in [-0.4, -0.2) is 15.7 Å². The van der Waals surface area contributed by atoms with Crippen molar-refractivity contribution < 1.29 is 0 Å². The average molecular weight is 135 g/mol. The van der Waals surface area contributed by atoms with E-state index in [9.17, 15) is 0 Å². The first-order valence-corrected chi connectivity index (χ1v) is 2.57. The van der Waals surface area contributed by atoms with E-state index < -0.39 is 0 Å².